The van der Waals surface area contributed by atoms with Crippen molar-refractivity contribution in [2.24, 2.45) is 0 Å². The Hall–Kier alpha value is -1.46. The summed E-state index contributed by atoms with van der Waals surface area (Å²) in [6.45, 7) is 1.66. The molecule has 0 aliphatic rings. The summed E-state index contributed by atoms with van der Waals surface area (Å²) in [5.41, 5.74) is 0.394. The first kappa shape index (κ1) is 14.6. The molecule has 0 aromatic heterocycles. The van der Waals surface area contributed by atoms with Crippen molar-refractivity contribution in [1.29, 1.82) is 0 Å². The van der Waals surface area contributed by atoms with Crippen LogP contribution in [0.4, 0.5) is 10.5 Å². The lowest BCUT2D eigenvalue weighted by atomic mass is 10.2. The van der Waals surface area contributed by atoms with Crippen molar-refractivity contribution < 1.29 is 14.7 Å². The number of carboxylic acids is 1. The monoisotopic (exact) mass is 290 g/mol. The van der Waals surface area contributed by atoms with Gasteiger partial charge in [0.05, 0.1) is 0 Å². The van der Waals surface area contributed by atoms with Gasteiger partial charge in [-0.25, -0.2) is 9.59 Å². The van der Waals surface area contributed by atoms with Gasteiger partial charge in [-0.05, 0) is 24.6 Å². The summed E-state index contributed by atoms with van der Waals surface area (Å²) in [5.74, 6) is -1.09. The number of urea groups is 1. The van der Waals surface area contributed by atoms with E-state index in [-0.39, 0.29) is 0 Å². The molecule has 0 unspecified atom stereocenters. The van der Waals surface area contributed by atoms with E-state index in [0.717, 1.165) is 0 Å². The molecule has 2 amide bonds. The molecule has 98 valence electrons. The summed E-state index contributed by atoms with van der Waals surface area (Å²) < 4.78 is 0. The first-order chi connectivity index (χ1) is 8.42. The molecule has 18 heavy (non-hydrogen) atoms. The van der Waals surface area contributed by atoms with Crippen molar-refractivity contribution in [2.75, 3.05) is 5.32 Å². The van der Waals surface area contributed by atoms with E-state index in [1.807, 2.05) is 0 Å². The maximum absolute atomic E-state index is 11.5. The van der Waals surface area contributed by atoms with Crippen molar-refractivity contribution in [3.8, 4) is 0 Å². The highest BCUT2D eigenvalue weighted by Gasteiger charge is 2.17. The zero-order valence-corrected chi connectivity index (χ0v) is 11.0. The van der Waals surface area contributed by atoms with E-state index >= 15 is 0 Å². The minimum absolute atomic E-state index is 0.291. The summed E-state index contributed by atoms with van der Waals surface area (Å²) in [5, 5.41) is 14.3. The standard InChI is InChI=1S/C11H12Cl2N2O3/c1-2-9(10(16)17)15-11(18)14-8-4-6(12)3-7(13)5-8/h3-5,9H,2H2,1H3,(H,16,17)(H2,14,15,18)/t9-/m0/s1. The van der Waals surface area contributed by atoms with Crippen LogP contribution in [0, 0.1) is 0 Å². The van der Waals surface area contributed by atoms with Crippen molar-refractivity contribution in [3.63, 3.8) is 0 Å². The fourth-order valence-electron chi connectivity index (χ4n) is 1.29. The molecule has 1 aromatic carbocycles. The normalized spacial score (nSPS) is 11.7. The summed E-state index contributed by atoms with van der Waals surface area (Å²) in [7, 11) is 0. The number of anilines is 1. The number of aliphatic carboxylic acids is 1. The Labute approximate surface area is 114 Å². The average molecular weight is 291 g/mol. The predicted molar refractivity (Wildman–Crippen MR) is 70.3 cm³/mol. The van der Waals surface area contributed by atoms with Gasteiger partial charge in [-0.1, -0.05) is 30.1 Å². The molecule has 0 spiro atoms. The van der Waals surface area contributed by atoms with Gasteiger partial charge in [0.1, 0.15) is 6.04 Å². The van der Waals surface area contributed by atoms with E-state index in [2.05, 4.69) is 10.6 Å². The second kappa shape index (κ2) is 6.47. The van der Waals surface area contributed by atoms with Gasteiger partial charge in [-0.2, -0.15) is 0 Å². The lowest BCUT2D eigenvalue weighted by Crippen LogP contribution is -2.42. The number of hydrogen-bond acceptors (Lipinski definition) is 2. The van der Waals surface area contributed by atoms with Crippen LogP contribution in [0.5, 0.6) is 0 Å². The molecule has 7 heteroatoms. The number of carbonyl (C=O) groups excluding carboxylic acids is 1. The smallest absolute Gasteiger partial charge is 0.326 e. The lowest BCUT2D eigenvalue weighted by molar-refractivity contribution is -0.139. The van der Waals surface area contributed by atoms with Crippen LogP contribution < -0.4 is 10.6 Å². The SMILES string of the molecule is CC[C@H](NC(=O)Nc1cc(Cl)cc(Cl)c1)C(=O)O. The molecule has 0 heterocycles. The molecule has 0 bridgehead atoms. The number of halogens is 2. The molecule has 0 aliphatic carbocycles. The van der Waals surface area contributed by atoms with E-state index < -0.39 is 18.0 Å². The lowest BCUT2D eigenvalue weighted by Gasteiger charge is -2.13. The number of carbonyl (C=O) groups is 2. The fraction of sp³-hybridized carbons (Fsp3) is 0.273. The summed E-state index contributed by atoms with van der Waals surface area (Å²) in [6.07, 6.45) is 0.291. The molecule has 3 N–H and O–H groups in total. The molecular formula is C11H12Cl2N2O3. The molecule has 1 aromatic rings. The van der Waals surface area contributed by atoms with Gasteiger partial charge in [-0.3, -0.25) is 0 Å². The van der Waals surface area contributed by atoms with Gasteiger partial charge < -0.3 is 15.7 Å². The highest BCUT2D eigenvalue weighted by molar-refractivity contribution is 6.35. The minimum atomic E-state index is -1.09. The molecule has 1 rings (SSSR count). The van der Waals surface area contributed by atoms with Gasteiger partial charge >= 0.3 is 12.0 Å². The quantitative estimate of drug-likeness (QED) is 0.798. The molecule has 0 saturated heterocycles. The molecular weight excluding hydrogens is 279 g/mol. The molecule has 0 aliphatic heterocycles. The van der Waals surface area contributed by atoms with Gasteiger partial charge in [0.25, 0.3) is 0 Å². The van der Waals surface area contributed by atoms with Gasteiger partial charge in [0, 0.05) is 15.7 Å². The number of benzene rings is 1. The Bertz CT molecular complexity index is 445. The van der Waals surface area contributed by atoms with E-state index in [1.54, 1.807) is 6.92 Å². The maximum Gasteiger partial charge on any atom is 0.326 e. The van der Waals surface area contributed by atoms with Crippen LogP contribution in [-0.4, -0.2) is 23.1 Å². The third-order valence-corrected chi connectivity index (χ3v) is 2.57. The van der Waals surface area contributed by atoms with Crippen LogP contribution in [0.2, 0.25) is 10.0 Å². The van der Waals surface area contributed by atoms with E-state index in [1.165, 1.54) is 18.2 Å². The number of nitrogens with one attached hydrogen (secondary N) is 2. The topological polar surface area (TPSA) is 78.4 Å². The van der Waals surface area contributed by atoms with E-state index in [9.17, 15) is 9.59 Å². The highest BCUT2D eigenvalue weighted by Crippen LogP contribution is 2.22. The van der Waals surface area contributed by atoms with Crippen molar-refractivity contribution >= 4 is 40.9 Å². The van der Waals surface area contributed by atoms with Crippen molar-refractivity contribution in [1.82, 2.24) is 5.32 Å². The minimum Gasteiger partial charge on any atom is -0.480 e. The second-order valence-electron chi connectivity index (χ2n) is 3.56. The molecule has 1 atom stereocenters. The van der Waals surface area contributed by atoms with E-state index in [4.69, 9.17) is 28.3 Å². The largest absolute Gasteiger partial charge is 0.480 e. The Morgan fingerprint density at radius 1 is 1.28 bits per heavy atom. The van der Waals surface area contributed by atoms with Crippen LogP contribution in [0.1, 0.15) is 13.3 Å². The predicted octanol–water partition coefficient (Wildman–Crippen LogP) is 2.98. The first-order valence-electron chi connectivity index (χ1n) is 5.18. The van der Waals surface area contributed by atoms with Crippen molar-refractivity contribution in [3.05, 3.63) is 28.2 Å². The Balaban J connectivity index is 2.67. The first-order valence-corrected chi connectivity index (χ1v) is 5.94. The summed E-state index contributed by atoms with van der Waals surface area (Å²) in [6, 6.07) is 2.99. The maximum atomic E-state index is 11.5. The Morgan fingerprint density at radius 2 is 1.83 bits per heavy atom. The summed E-state index contributed by atoms with van der Waals surface area (Å²) in [4.78, 5) is 22.3. The van der Waals surface area contributed by atoms with Crippen molar-refractivity contribution in [2.45, 2.75) is 19.4 Å². The molecule has 0 fully saturated rings. The number of carboxylic acid groups (broad SMARTS) is 1. The molecule has 5 nitrogen and oxygen atoms in total. The van der Waals surface area contributed by atoms with Crippen LogP contribution in [-0.2, 0) is 4.79 Å². The zero-order valence-electron chi connectivity index (χ0n) is 9.54. The number of hydrogen-bond donors (Lipinski definition) is 3. The van der Waals surface area contributed by atoms with Gasteiger partial charge in [-0.15, -0.1) is 0 Å². The third-order valence-electron chi connectivity index (χ3n) is 2.13. The number of amides is 2. The van der Waals surface area contributed by atoms with Gasteiger partial charge in [0.2, 0.25) is 0 Å². The van der Waals surface area contributed by atoms with Gasteiger partial charge in [0.15, 0.2) is 0 Å². The fourth-order valence-corrected chi connectivity index (χ4v) is 1.82. The molecule has 0 radical (unpaired) electrons. The van der Waals surface area contributed by atoms with Crippen LogP contribution in [0.15, 0.2) is 18.2 Å². The van der Waals surface area contributed by atoms with Crippen LogP contribution in [0.3, 0.4) is 0 Å². The zero-order chi connectivity index (χ0) is 13.7. The van der Waals surface area contributed by atoms with Crippen LogP contribution >= 0.6 is 23.2 Å². The van der Waals surface area contributed by atoms with Crippen LogP contribution in [0.25, 0.3) is 0 Å². The Kier molecular flexibility index (Phi) is 5.25. The van der Waals surface area contributed by atoms with E-state index in [0.29, 0.717) is 22.2 Å². The Morgan fingerprint density at radius 3 is 2.28 bits per heavy atom. The second-order valence-corrected chi connectivity index (χ2v) is 4.43. The summed E-state index contributed by atoms with van der Waals surface area (Å²) >= 11 is 11.5. The molecule has 0 saturated carbocycles. The highest BCUT2D eigenvalue weighted by atomic mass is 35.5. The third kappa shape index (κ3) is 4.43. The number of rotatable bonds is 4. The average Bonchev–Trinajstić information content (AvgIpc) is 2.23.